The van der Waals surface area contributed by atoms with Crippen molar-refractivity contribution in [3.8, 4) is 22.6 Å². The molecule has 1 saturated heterocycles. The molecule has 2 aromatic heterocycles. The quantitative estimate of drug-likeness (QED) is 0.260. The van der Waals surface area contributed by atoms with Crippen molar-refractivity contribution in [1.29, 1.82) is 0 Å². The van der Waals surface area contributed by atoms with Gasteiger partial charge < -0.3 is 19.9 Å². The van der Waals surface area contributed by atoms with Gasteiger partial charge in [-0.2, -0.15) is 0 Å². The molecule has 1 saturated carbocycles. The first-order valence-electron chi connectivity index (χ1n) is 13.8. The van der Waals surface area contributed by atoms with Gasteiger partial charge >= 0.3 is 0 Å². The average Bonchev–Trinajstić information content (AvgIpc) is 3.60. The topological polar surface area (TPSA) is 89.5 Å². The SMILES string of the molecule is CN(CC=CC(=O)N1CCC(n2c(C(F)F)c(-c3ccc(Oc4ccccc4)cc3)c3c(N)ncnc32)C1)C1CC1. The van der Waals surface area contributed by atoms with Crippen LogP contribution in [0.25, 0.3) is 22.2 Å². The second-order valence-corrected chi connectivity index (χ2v) is 10.6. The van der Waals surface area contributed by atoms with Crippen LogP contribution < -0.4 is 10.5 Å². The lowest BCUT2D eigenvalue weighted by atomic mass is 10.0. The van der Waals surface area contributed by atoms with Gasteiger partial charge in [-0.15, -0.1) is 0 Å². The molecule has 1 aliphatic carbocycles. The summed E-state index contributed by atoms with van der Waals surface area (Å²) in [5, 5.41) is 0.382. The predicted octanol–water partition coefficient (Wildman–Crippen LogP) is 5.83. The van der Waals surface area contributed by atoms with Gasteiger partial charge in [0, 0.05) is 37.3 Å². The Kier molecular flexibility index (Phi) is 7.40. The van der Waals surface area contributed by atoms with E-state index in [1.165, 1.54) is 19.2 Å². The number of nitrogen functional groups attached to an aromatic ring is 1. The molecule has 212 valence electrons. The van der Waals surface area contributed by atoms with E-state index in [1.807, 2.05) is 36.4 Å². The molecule has 0 bridgehead atoms. The number of likely N-dealkylation sites (N-methyl/N-ethyl adjacent to an activating group) is 1. The minimum Gasteiger partial charge on any atom is -0.457 e. The van der Waals surface area contributed by atoms with Crippen LogP contribution in [0.4, 0.5) is 14.6 Å². The number of carbonyl (C=O) groups is 1. The monoisotopic (exact) mass is 558 g/mol. The summed E-state index contributed by atoms with van der Waals surface area (Å²) in [7, 11) is 2.05. The first kappa shape index (κ1) is 26.9. The van der Waals surface area contributed by atoms with E-state index in [2.05, 4.69) is 21.9 Å². The maximum atomic E-state index is 14.9. The Bertz CT molecular complexity index is 1570. The van der Waals surface area contributed by atoms with E-state index in [9.17, 15) is 13.6 Å². The van der Waals surface area contributed by atoms with Crippen molar-refractivity contribution in [1.82, 2.24) is 24.3 Å². The van der Waals surface area contributed by atoms with E-state index in [1.54, 1.807) is 39.8 Å². The standard InChI is InChI=1S/C31H32F2N6O2/c1-37(21-11-12-21)16-5-8-25(40)38-17-15-22(18-38)39-28(29(32)33)26(27-30(34)35-19-36-31(27)39)20-9-13-24(14-10-20)41-23-6-3-2-4-7-23/h2-10,13-14,19,21-22,29H,11-12,15-18H2,1H3,(H2,34,35,36). The van der Waals surface area contributed by atoms with Crippen LogP contribution in [0.15, 0.2) is 73.1 Å². The summed E-state index contributed by atoms with van der Waals surface area (Å²) >= 11 is 0. The molecule has 1 amide bonds. The Morgan fingerprint density at radius 1 is 1.10 bits per heavy atom. The number of alkyl halides is 2. The number of aromatic nitrogens is 3. The number of rotatable bonds is 9. The largest absolute Gasteiger partial charge is 0.457 e. The second-order valence-electron chi connectivity index (χ2n) is 10.6. The normalized spacial score (nSPS) is 17.4. The van der Waals surface area contributed by atoms with Gasteiger partial charge in [0.05, 0.1) is 17.1 Å². The van der Waals surface area contributed by atoms with Crippen LogP contribution in [-0.4, -0.2) is 63.0 Å². The van der Waals surface area contributed by atoms with Crippen molar-refractivity contribution in [3.63, 3.8) is 0 Å². The molecule has 8 nitrogen and oxygen atoms in total. The van der Waals surface area contributed by atoms with Gasteiger partial charge in [0.2, 0.25) is 5.91 Å². The van der Waals surface area contributed by atoms with Gasteiger partial charge in [0.25, 0.3) is 6.43 Å². The summed E-state index contributed by atoms with van der Waals surface area (Å²) in [5.41, 5.74) is 7.29. The molecule has 1 atom stereocenters. The Morgan fingerprint density at radius 3 is 2.54 bits per heavy atom. The number of hydrogen-bond donors (Lipinski definition) is 1. The van der Waals surface area contributed by atoms with E-state index in [0.29, 0.717) is 65.8 Å². The third-order valence-electron chi connectivity index (χ3n) is 7.84. The first-order chi connectivity index (χ1) is 19.9. The fraction of sp³-hybridized carbons (Fsp3) is 0.323. The van der Waals surface area contributed by atoms with Crippen molar-refractivity contribution < 1.29 is 18.3 Å². The zero-order valence-electron chi connectivity index (χ0n) is 22.8. The molecule has 2 aliphatic rings. The molecule has 2 N–H and O–H groups in total. The van der Waals surface area contributed by atoms with Gasteiger partial charge in [0.1, 0.15) is 29.3 Å². The van der Waals surface area contributed by atoms with E-state index in [0.717, 1.165) is 0 Å². The lowest BCUT2D eigenvalue weighted by Gasteiger charge is -2.19. The summed E-state index contributed by atoms with van der Waals surface area (Å²) in [6, 6.07) is 16.5. The number of nitrogens with two attached hydrogens (primary N) is 1. The Labute approximate surface area is 237 Å². The zero-order chi connectivity index (χ0) is 28.5. The minimum atomic E-state index is -2.80. The van der Waals surface area contributed by atoms with E-state index in [4.69, 9.17) is 10.5 Å². The highest BCUT2D eigenvalue weighted by atomic mass is 19.3. The molecule has 2 fully saturated rings. The predicted molar refractivity (Wildman–Crippen MR) is 154 cm³/mol. The fourth-order valence-electron chi connectivity index (χ4n) is 5.61. The maximum absolute atomic E-state index is 14.9. The second kappa shape index (κ2) is 11.3. The van der Waals surface area contributed by atoms with Crippen molar-refractivity contribution in [2.75, 3.05) is 32.4 Å². The van der Waals surface area contributed by atoms with E-state index in [-0.39, 0.29) is 23.5 Å². The molecular weight excluding hydrogens is 526 g/mol. The molecule has 3 heterocycles. The molecular formula is C31H32F2N6O2. The molecule has 1 unspecified atom stereocenters. The number of carbonyl (C=O) groups excluding carboxylic acids is 1. The fourth-order valence-corrected chi connectivity index (χ4v) is 5.61. The highest BCUT2D eigenvalue weighted by Gasteiger charge is 2.35. The number of halogens is 2. The van der Waals surface area contributed by atoms with Gasteiger partial charge in [-0.05, 0) is 56.1 Å². The smallest absolute Gasteiger partial charge is 0.279 e. The highest BCUT2D eigenvalue weighted by molar-refractivity contribution is 6.02. The number of ether oxygens (including phenoxy) is 1. The summed E-state index contributed by atoms with van der Waals surface area (Å²) in [6.45, 7) is 1.48. The van der Waals surface area contributed by atoms with Crippen LogP contribution in [0, 0.1) is 0 Å². The number of likely N-dealkylation sites (tertiary alicyclic amines) is 1. The number of benzene rings is 2. The van der Waals surface area contributed by atoms with Gasteiger partial charge in [-0.1, -0.05) is 36.4 Å². The molecule has 2 aromatic carbocycles. The lowest BCUT2D eigenvalue weighted by Crippen LogP contribution is -2.28. The van der Waals surface area contributed by atoms with Crippen LogP contribution >= 0.6 is 0 Å². The van der Waals surface area contributed by atoms with Crippen molar-refractivity contribution >= 4 is 22.8 Å². The van der Waals surface area contributed by atoms with E-state index >= 15 is 0 Å². The highest BCUT2D eigenvalue weighted by Crippen LogP contribution is 2.44. The summed E-state index contributed by atoms with van der Waals surface area (Å²) < 4.78 is 37.3. The van der Waals surface area contributed by atoms with Crippen LogP contribution in [0.1, 0.15) is 37.4 Å². The third kappa shape index (κ3) is 5.52. The third-order valence-corrected chi connectivity index (χ3v) is 7.84. The van der Waals surface area contributed by atoms with Crippen LogP contribution in [0.2, 0.25) is 0 Å². The average molecular weight is 559 g/mol. The minimum absolute atomic E-state index is 0.116. The maximum Gasteiger partial charge on any atom is 0.279 e. The summed E-state index contributed by atoms with van der Waals surface area (Å²) in [6.07, 6.45) is 4.88. The summed E-state index contributed by atoms with van der Waals surface area (Å²) in [4.78, 5) is 25.4. The van der Waals surface area contributed by atoms with Crippen LogP contribution in [-0.2, 0) is 4.79 Å². The number of anilines is 1. The van der Waals surface area contributed by atoms with Crippen LogP contribution in [0.3, 0.4) is 0 Å². The Hall–Kier alpha value is -4.31. The number of nitrogens with zero attached hydrogens (tertiary/aromatic N) is 5. The van der Waals surface area contributed by atoms with E-state index < -0.39 is 6.43 Å². The van der Waals surface area contributed by atoms with Crippen molar-refractivity contribution in [2.45, 2.75) is 37.8 Å². The zero-order valence-corrected chi connectivity index (χ0v) is 22.8. The molecule has 1 aliphatic heterocycles. The molecule has 4 aromatic rings. The number of amides is 1. The summed E-state index contributed by atoms with van der Waals surface area (Å²) in [5.74, 6) is 1.26. The molecule has 41 heavy (non-hydrogen) atoms. The van der Waals surface area contributed by atoms with Gasteiger partial charge in [0.15, 0.2) is 0 Å². The molecule has 10 heteroatoms. The number of para-hydroxylation sites is 1. The van der Waals surface area contributed by atoms with Crippen LogP contribution in [0.5, 0.6) is 11.5 Å². The number of fused-ring (bicyclic) bond motifs is 1. The number of hydrogen-bond acceptors (Lipinski definition) is 6. The van der Waals surface area contributed by atoms with Gasteiger partial charge in [-0.25, -0.2) is 18.7 Å². The van der Waals surface area contributed by atoms with Gasteiger partial charge in [-0.3, -0.25) is 9.69 Å². The van der Waals surface area contributed by atoms with Crippen molar-refractivity contribution in [2.24, 2.45) is 0 Å². The molecule has 0 radical (unpaired) electrons. The Balaban J connectivity index is 1.30. The first-order valence-corrected chi connectivity index (χ1v) is 13.8. The molecule has 0 spiro atoms. The Morgan fingerprint density at radius 2 is 1.83 bits per heavy atom. The lowest BCUT2D eigenvalue weighted by molar-refractivity contribution is -0.125. The molecule has 6 rings (SSSR count). The van der Waals surface area contributed by atoms with Crippen molar-refractivity contribution in [3.05, 3.63) is 78.8 Å².